The zero-order chi connectivity index (χ0) is 25.9. The van der Waals surface area contributed by atoms with Crippen LogP contribution in [-0.2, 0) is 6.42 Å². The fraction of sp³-hybridized carbons (Fsp3) is 0.143. The van der Waals surface area contributed by atoms with Crippen molar-refractivity contribution < 1.29 is 0 Å². The number of thioether (sulfide) groups is 1. The molecule has 0 bridgehead atoms. The minimum absolute atomic E-state index is 0.383. The third kappa shape index (κ3) is 3.59. The van der Waals surface area contributed by atoms with E-state index in [2.05, 4.69) is 113 Å². The van der Waals surface area contributed by atoms with Crippen LogP contribution in [0.4, 0.5) is 0 Å². The summed E-state index contributed by atoms with van der Waals surface area (Å²) in [6.45, 7) is 2.26. The van der Waals surface area contributed by atoms with Crippen molar-refractivity contribution in [3.63, 3.8) is 0 Å². The van der Waals surface area contributed by atoms with Crippen LogP contribution in [0, 0.1) is 6.92 Å². The fourth-order valence-electron chi connectivity index (χ4n) is 6.54. The van der Waals surface area contributed by atoms with E-state index in [1.54, 1.807) is 0 Å². The minimum atomic E-state index is 0.383. The molecule has 0 saturated carbocycles. The maximum absolute atomic E-state index is 4.65. The van der Waals surface area contributed by atoms with E-state index in [-0.39, 0.29) is 0 Å². The van der Waals surface area contributed by atoms with Gasteiger partial charge >= 0.3 is 0 Å². The van der Waals surface area contributed by atoms with Crippen molar-refractivity contribution in [2.24, 2.45) is 0 Å². The van der Waals surface area contributed by atoms with E-state index in [0.717, 1.165) is 18.8 Å². The van der Waals surface area contributed by atoms with Crippen molar-refractivity contribution >= 4 is 34.3 Å². The van der Waals surface area contributed by atoms with Crippen molar-refractivity contribution in [1.82, 2.24) is 14.5 Å². The van der Waals surface area contributed by atoms with Crippen molar-refractivity contribution in [2.45, 2.75) is 35.8 Å². The zero-order valence-corrected chi connectivity index (χ0v) is 22.5. The number of aromatic nitrogens is 3. The number of benzene rings is 3. The summed E-state index contributed by atoms with van der Waals surface area (Å²) in [5.41, 5.74) is 11.7. The maximum atomic E-state index is 4.65. The third-order valence-electron chi connectivity index (χ3n) is 8.25. The van der Waals surface area contributed by atoms with Crippen LogP contribution in [0.1, 0.15) is 40.3 Å². The molecule has 0 saturated heterocycles. The number of hydrogen-bond acceptors (Lipinski definition) is 3. The van der Waals surface area contributed by atoms with Crippen LogP contribution >= 0.6 is 11.8 Å². The first-order valence-electron chi connectivity index (χ1n) is 13.6. The van der Waals surface area contributed by atoms with E-state index in [1.165, 1.54) is 60.4 Å². The van der Waals surface area contributed by atoms with Gasteiger partial charge in [-0.2, -0.15) is 0 Å². The second kappa shape index (κ2) is 8.96. The van der Waals surface area contributed by atoms with Gasteiger partial charge in [0.2, 0.25) is 5.95 Å². The Morgan fingerprint density at radius 1 is 0.897 bits per heavy atom. The Labute approximate surface area is 232 Å². The quantitative estimate of drug-likeness (QED) is 0.238. The molecule has 0 radical (unpaired) electrons. The topological polar surface area (TPSA) is 30.7 Å². The first kappa shape index (κ1) is 22.8. The van der Waals surface area contributed by atoms with Crippen molar-refractivity contribution in [2.75, 3.05) is 0 Å². The molecule has 2 aromatic heterocycles. The highest BCUT2D eigenvalue weighted by atomic mass is 32.2. The molecule has 39 heavy (non-hydrogen) atoms. The average Bonchev–Trinajstić information content (AvgIpc) is 3.53. The molecular weight excluding hydrogens is 494 g/mol. The zero-order valence-electron chi connectivity index (χ0n) is 21.7. The molecule has 188 valence electrons. The molecule has 2 atom stereocenters. The van der Waals surface area contributed by atoms with Gasteiger partial charge in [0.15, 0.2) is 0 Å². The van der Waals surface area contributed by atoms with E-state index in [4.69, 9.17) is 0 Å². The van der Waals surface area contributed by atoms with Crippen LogP contribution in [0.15, 0.2) is 108 Å². The molecule has 0 spiro atoms. The van der Waals surface area contributed by atoms with Gasteiger partial charge in [-0.15, -0.1) is 11.8 Å². The molecule has 2 aliphatic carbocycles. The minimum Gasteiger partial charge on any atom is -0.278 e. The van der Waals surface area contributed by atoms with Crippen molar-refractivity contribution in [3.05, 3.63) is 131 Å². The number of nitrogens with zero attached hydrogens (tertiary/aromatic N) is 3. The van der Waals surface area contributed by atoms with Gasteiger partial charge in [-0.3, -0.25) is 4.57 Å². The van der Waals surface area contributed by atoms with Crippen LogP contribution in [0.3, 0.4) is 0 Å². The van der Waals surface area contributed by atoms with Crippen LogP contribution in [0.2, 0.25) is 0 Å². The third-order valence-corrected chi connectivity index (χ3v) is 9.67. The molecule has 3 nitrogen and oxygen atoms in total. The Kier molecular flexibility index (Phi) is 5.24. The first-order valence-corrected chi connectivity index (χ1v) is 14.5. The standard InChI is InChI=1S/C35H27N3S/c1-22-19-25(21-31-33(22)28-11-5-6-14-30(28)38(31)35-36-17-8-18-37-35)26-12-7-13-27-29-20-24(23-9-3-2-4-10-23)15-16-32(29)39-34(26)27/h2-4,6-10,12-21,29,32H,5,11H2,1H3. The lowest BCUT2D eigenvalue weighted by Gasteiger charge is -2.19. The van der Waals surface area contributed by atoms with Crippen molar-refractivity contribution in [1.29, 1.82) is 0 Å². The van der Waals surface area contributed by atoms with Gasteiger partial charge in [-0.05, 0) is 76.9 Å². The number of aryl methyl sites for hydroxylation is 2. The molecule has 0 amide bonds. The smallest absolute Gasteiger partial charge is 0.234 e. The molecule has 4 heteroatoms. The Morgan fingerprint density at radius 2 is 1.77 bits per heavy atom. The lowest BCUT2D eigenvalue weighted by atomic mass is 9.86. The number of allylic oxidation sites excluding steroid dienone is 4. The lowest BCUT2D eigenvalue weighted by molar-refractivity contribution is 0.885. The SMILES string of the molecule is Cc1cc(-c2cccc3c2SC2C=CC(c4ccccc4)=CC32)cc2c1c1c(n2-c2ncccn2)C=CCC1. The number of hydrogen-bond donors (Lipinski definition) is 0. The molecule has 2 unspecified atom stereocenters. The van der Waals surface area contributed by atoms with Gasteiger partial charge in [0.25, 0.3) is 0 Å². The summed E-state index contributed by atoms with van der Waals surface area (Å²) in [7, 11) is 0. The van der Waals surface area contributed by atoms with E-state index < -0.39 is 0 Å². The van der Waals surface area contributed by atoms with Crippen LogP contribution in [0.5, 0.6) is 0 Å². The Hall–Kier alpha value is -4.15. The highest BCUT2D eigenvalue weighted by Crippen LogP contribution is 2.53. The molecule has 1 aliphatic heterocycles. The Balaban J connectivity index is 1.30. The van der Waals surface area contributed by atoms with Gasteiger partial charge in [0.1, 0.15) is 0 Å². The number of fused-ring (bicyclic) bond motifs is 6. The highest BCUT2D eigenvalue weighted by Gasteiger charge is 2.34. The van der Waals surface area contributed by atoms with Gasteiger partial charge in [-0.25, -0.2) is 9.97 Å². The van der Waals surface area contributed by atoms with E-state index >= 15 is 0 Å². The molecular formula is C35H27N3S. The van der Waals surface area contributed by atoms with Crippen LogP contribution < -0.4 is 0 Å². The summed E-state index contributed by atoms with van der Waals surface area (Å²) in [5.74, 6) is 1.11. The number of rotatable bonds is 3. The summed E-state index contributed by atoms with van der Waals surface area (Å²) in [6.07, 6.45) is 17.5. The highest BCUT2D eigenvalue weighted by molar-refractivity contribution is 8.00. The molecule has 8 rings (SSSR count). The van der Waals surface area contributed by atoms with Crippen molar-refractivity contribution in [3.8, 4) is 17.1 Å². The monoisotopic (exact) mass is 521 g/mol. The van der Waals surface area contributed by atoms with E-state index in [9.17, 15) is 0 Å². The predicted molar refractivity (Wildman–Crippen MR) is 162 cm³/mol. The van der Waals surface area contributed by atoms with Crippen LogP contribution in [0.25, 0.3) is 39.6 Å². The predicted octanol–water partition coefficient (Wildman–Crippen LogP) is 8.57. The molecule has 0 fully saturated rings. The summed E-state index contributed by atoms with van der Waals surface area (Å²) in [4.78, 5) is 10.7. The maximum Gasteiger partial charge on any atom is 0.234 e. The van der Waals surface area contributed by atoms with Gasteiger partial charge < -0.3 is 0 Å². The summed E-state index contributed by atoms with van der Waals surface area (Å²) in [6, 6.07) is 24.2. The summed E-state index contributed by atoms with van der Waals surface area (Å²) < 4.78 is 2.25. The summed E-state index contributed by atoms with van der Waals surface area (Å²) in [5, 5.41) is 1.77. The second-order valence-corrected chi connectivity index (χ2v) is 11.7. The van der Waals surface area contributed by atoms with Gasteiger partial charge in [0.05, 0.1) is 11.2 Å². The van der Waals surface area contributed by atoms with E-state index in [0.29, 0.717) is 11.2 Å². The van der Waals surface area contributed by atoms with Gasteiger partial charge in [0, 0.05) is 33.8 Å². The normalized spacial score (nSPS) is 19.1. The van der Waals surface area contributed by atoms with Crippen LogP contribution in [-0.4, -0.2) is 19.8 Å². The molecule has 3 heterocycles. The molecule has 5 aromatic rings. The van der Waals surface area contributed by atoms with Gasteiger partial charge in [-0.1, -0.05) is 78.9 Å². The average molecular weight is 522 g/mol. The van der Waals surface area contributed by atoms with E-state index in [1.807, 2.05) is 30.2 Å². The fourth-order valence-corrected chi connectivity index (χ4v) is 7.99. The molecule has 3 aliphatic rings. The Bertz CT molecular complexity index is 1840. The summed E-state index contributed by atoms with van der Waals surface area (Å²) >= 11 is 2.00. The molecule has 3 aromatic carbocycles. The largest absolute Gasteiger partial charge is 0.278 e. The Morgan fingerprint density at radius 3 is 2.64 bits per heavy atom. The molecule has 0 N–H and O–H groups in total. The second-order valence-electron chi connectivity index (χ2n) is 10.6. The first-order chi connectivity index (χ1) is 19.3. The lowest BCUT2D eigenvalue weighted by Crippen LogP contribution is -2.08.